The number of amides is 1. The Bertz CT molecular complexity index is 825. The molecule has 0 aromatic heterocycles. The van der Waals surface area contributed by atoms with Crippen LogP contribution < -0.4 is 10.1 Å². The molecule has 0 aliphatic carbocycles. The van der Waals surface area contributed by atoms with Gasteiger partial charge in [-0.05, 0) is 58.8 Å². The SMILES string of the molecule is CCOc1ccccc1NC(=O)/C(C#N)=C/c1ccc(O)c(Br)c1. The fraction of sp³-hybridized carbons (Fsp3) is 0.111. The van der Waals surface area contributed by atoms with E-state index in [0.717, 1.165) is 0 Å². The number of halogens is 1. The molecule has 0 fully saturated rings. The van der Waals surface area contributed by atoms with Crippen molar-refractivity contribution in [3.05, 3.63) is 58.1 Å². The number of anilines is 1. The first-order valence-corrected chi connectivity index (χ1v) is 7.98. The number of hydrogen-bond acceptors (Lipinski definition) is 4. The van der Waals surface area contributed by atoms with E-state index in [0.29, 0.717) is 28.1 Å². The summed E-state index contributed by atoms with van der Waals surface area (Å²) < 4.78 is 5.93. The van der Waals surface area contributed by atoms with Gasteiger partial charge in [0.1, 0.15) is 23.1 Å². The Kier molecular flexibility index (Phi) is 5.99. The molecule has 5 nitrogen and oxygen atoms in total. The van der Waals surface area contributed by atoms with Crippen molar-refractivity contribution in [2.24, 2.45) is 0 Å². The van der Waals surface area contributed by atoms with E-state index in [1.54, 1.807) is 36.4 Å². The molecule has 2 N–H and O–H groups in total. The molecule has 0 radical (unpaired) electrons. The smallest absolute Gasteiger partial charge is 0.266 e. The highest BCUT2D eigenvalue weighted by atomic mass is 79.9. The predicted octanol–water partition coefficient (Wildman–Crippen LogP) is 4.10. The van der Waals surface area contributed by atoms with E-state index in [4.69, 9.17) is 4.74 Å². The highest BCUT2D eigenvalue weighted by Crippen LogP contribution is 2.26. The van der Waals surface area contributed by atoms with Crippen LogP contribution in [0.4, 0.5) is 5.69 Å². The summed E-state index contributed by atoms with van der Waals surface area (Å²) in [5.74, 6) is 0.0904. The first kappa shape index (κ1) is 17.6. The summed E-state index contributed by atoms with van der Waals surface area (Å²) in [6.45, 7) is 2.32. The first-order chi connectivity index (χ1) is 11.5. The maximum absolute atomic E-state index is 12.3. The van der Waals surface area contributed by atoms with Crippen molar-refractivity contribution in [2.75, 3.05) is 11.9 Å². The van der Waals surface area contributed by atoms with Gasteiger partial charge in [0.15, 0.2) is 0 Å². The average Bonchev–Trinajstić information content (AvgIpc) is 2.57. The fourth-order valence-corrected chi connectivity index (χ4v) is 2.37. The molecule has 0 aliphatic rings. The fourth-order valence-electron chi connectivity index (χ4n) is 1.97. The summed E-state index contributed by atoms with van der Waals surface area (Å²) in [6, 6.07) is 13.6. The Morgan fingerprint density at radius 3 is 2.79 bits per heavy atom. The molecule has 0 spiro atoms. The van der Waals surface area contributed by atoms with Gasteiger partial charge in [-0.1, -0.05) is 18.2 Å². The lowest BCUT2D eigenvalue weighted by Gasteiger charge is -2.10. The third kappa shape index (κ3) is 4.37. The Balaban J connectivity index is 2.25. The molecule has 2 aromatic carbocycles. The van der Waals surface area contributed by atoms with E-state index in [9.17, 15) is 15.2 Å². The number of para-hydroxylation sites is 2. The molecule has 1 amide bonds. The second kappa shape index (κ2) is 8.18. The Morgan fingerprint density at radius 1 is 1.38 bits per heavy atom. The Morgan fingerprint density at radius 2 is 2.12 bits per heavy atom. The number of benzene rings is 2. The van der Waals surface area contributed by atoms with Gasteiger partial charge in [0, 0.05) is 0 Å². The van der Waals surface area contributed by atoms with Crippen molar-refractivity contribution in [1.29, 1.82) is 5.26 Å². The van der Waals surface area contributed by atoms with Crippen LogP contribution in [0.5, 0.6) is 11.5 Å². The number of phenolic OH excluding ortho intramolecular Hbond substituents is 1. The minimum absolute atomic E-state index is 0.0566. The van der Waals surface area contributed by atoms with E-state index in [-0.39, 0.29) is 11.3 Å². The lowest BCUT2D eigenvalue weighted by Crippen LogP contribution is -2.14. The molecular weight excluding hydrogens is 372 g/mol. The standard InChI is InChI=1S/C18H15BrN2O3/c1-2-24-17-6-4-3-5-15(17)21-18(23)13(11-20)9-12-7-8-16(22)14(19)10-12/h3-10,22H,2H2,1H3,(H,21,23)/b13-9+. The van der Waals surface area contributed by atoms with Crippen molar-refractivity contribution in [2.45, 2.75) is 6.92 Å². The monoisotopic (exact) mass is 386 g/mol. The molecule has 24 heavy (non-hydrogen) atoms. The number of carbonyl (C=O) groups excluding carboxylic acids is 1. The van der Waals surface area contributed by atoms with E-state index < -0.39 is 5.91 Å². The van der Waals surface area contributed by atoms with E-state index in [1.165, 1.54) is 12.1 Å². The number of aromatic hydroxyl groups is 1. The molecule has 0 unspecified atom stereocenters. The zero-order valence-corrected chi connectivity index (χ0v) is 14.5. The molecule has 2 aromatic rings. The minimum atomic E-state index is -0.533. The van der Waals surface area contributed by atoms with Crippen LogP contribution in [0.2, 0.25) is 0 Å². The highest BCUT2D eigenvalue weighted by Gasteiger charge is 2.12. The zero-order valence-electron chi connectivity index (χ0n) is 12.9. The van der Waals surface area contributed by atoms with Gasteiger partial charge < -0.3 is 15.2 Å². The molecular formula is C18H15BrN2O3. The van der Waals surface area contributed by atoms with Crippen molar-refractivity contribution in [3.63, 3.8) is 0 Å². The summed E-state index contributed by atoms with van der Waals surface area (Å²) in [5.41, 5.74) is 1.06. The molecule has 0 bridgehead atoms. The van der Waals surface area contributed by atoms with Crippen LogP contribution in [-0.4, -0.2) is 17.6 Å². The second-order valence-electron chi connectivity index (χ2n) is 4.76. The van der Waals surface area contributed by atoms with Crippen LogP contribution >= 0.6 is 15.9 Å². The van der Waals surface area contributed by atoms with Gasteiger partial charge in [-0.15, -0.1) is 0 Å². The average molecular weight is 387 g/mol. The second-order valence-corrected chi connectivity index (χ2v) is 5.62. The molecule has 2 rings (SSSR count). The number of phenols is 1. The summed E-state index contributed by atoms with van der Waals surface area (Å²) in [5, 5.41) is 21.4. The number of hydrogen-bond donors (Lipinski definition) is 2. The van der Waals surface area contributed by atoms with E-state index in [1.807, 2.05) is 13.0 Å². The van der Waals surface area contributed by atoms with Crippen LogP contribution in [0.25, 0.3) is 6.08 Å². The van der Waals surface area contributed by atoms with Crippen molar-refractivity contribution >= 4 is 33.6 Å². The Labute approximate surface area is 148 Å². The first-order valence-electron chi connectivity index (χ1n) is 7.18. The summed E-state index contributed by atoms with van der Waals surface area (Å²) in [7, 11) is 0. The maximum atomic E-state index is 12.3. The quantitative estimate of drug-likeness (QED) is 0.598. The molecule has 0 atom stereocenters. The lowest BCUT2D eigenvalue weighted by atomic mass is 10.1. The summed E-state index contributed by atoms with van der Waals surface area (Å²) in [6.07, 6.45) is 1.45. The van der Waals surface area contributed by atoms with Gasteiger partial charge in [-0.2, -0.15) is 5.26 Å². The van der Waals surface area contributed by atoms with Crippen LogP contribution in [0.3, 0.4) is 0 Å². The largest absolute Gasteiger partial charge is 0.507 e. The number of carbonyl (C=O) groups is 1. The third-order valence-corrected chi connectivity index (χ3v) is 3.72. The maximum Gasteiger partial charge on any atom is 0.266 e. The highest BCUT2D eigenvalue weighted by molar-refractivity contribution is 9.10. The molecule has 0 saturated carbocycles. The van der Waals surface area contributed by atoms with Gasteiger partial charge in [0.05, 0.1) is 16.8 Å². The van der Waals surface area contributed by atoms with Gasteiger partial charge in [-0.3, -0.25) is 4.79 Å². The molecule has 6 heteroatoms. The molecule has 0 aliphatic heterocycles. The van der Waals surface area contributed by atoms with E-state index in [2.05, 4.69) is 21.2 Å². The number of nitriles is 1. The number of nitrogens with one attached hydrogen (secondary N) is 1. The molecule has 0 saturated heterocycles. The number of ether oxygens (including phenoxy) is 1. The molecule has 0 heterocycles. The van der Waals surface area contributed by atoms with Gasteiger partial charge >= 0.3 is 0 Å². The van der Waals surface area contributed by atoms with E-state index >= 15 is 0 Å². The van der Waals surface area contributed by atoms with Crippen LogP contribution in [0, 0.1) is 11.3 Å². The topological polar surface area (TPSA) is 82.3 Å². The van der Waals surface area contributed by atoms with Crippen LogP contribution in [-0.2, 0) is 4.79 Å². The third-order valence-electron chi connectivity index (χ3n) is 3.08. The van der Waals surface area contributed by atoms with Crippen molar-refractivity contribution < 1.29 is 14.6 Å². The zero-order chi connectivity index (χ0) is 17.5. The number of nitrogens with zero attached hydrogens (tertiary/aromatic N) is 1. The predicted molar refractivity (Wildman–Crippen MR) is 95.6 cm³/mol. The molecule has 122 valence electrons. The van der Waals surface area contributed by atoms with Crippen molar-refractivity contribution in [3.8, 4) is 17.6 Å². The summed E-state index contributed by atoms with van der Waals surface area (Å²) in [4.78, 5) is 12.3. The van der Waals surface area contributed by atoms with Crippen LogP contribution in [0.1, 0.15) is 12.5 Å². The Hall–Kier alpha value is -2.78. The van der Waals surface area contributed by atoms with Gasteiger partial charge in [0.2, 0.25) is 0 Å². The normalized spacial score (nSPS) is 10.8. The van der Waals surface area contributed by atoms with Crippen LogP contribution in [0.15, 0.2) is 52.5 Å². The summed E-state index contributed by atoms with van der Waals surface area (Å²) >= 11 is 3.20. The van der Waals surface area contributed by atoms with Gasteiger partial charge in [-0.25, -0.2) is 0 Å². The number of rotatable bonds is 5. The lowest BCUT2D eigenvalue weighted by molar-refractivity contribution is -0.112. The minimum Gasteiger partial charge on any atom is -0.507 e. The van der Waals surface area contributed by atoms with Crippen molar-refractivity contribution in [1.82, 2.24) is 0 Å². The van der Waals surface area contributed by atoms with Gasteiger partial charge in [0.25, 0.3) is 5.91 Å².